The summed E-state index contributed by atoms with van der Waals surface area (Å²) >= 11 is 0. The van der Waals surface area contributed by atoms with Crippen LogP contribution < -0.4 is 0 Å². The number of likely N-dealkylation sites (tertiary alicyclic amines) is 1. The molecule has 3 nitrogen and oxygen atoms in total. The van der Waals surface area contributed by atoms with Crippen molar-refractivity contribution in [2.75, 3.05) is 13.1 Å². The third kappa shape index (κ3) is 2.84. The third-order valence-electron chi connectivity index (χ3n) is 2.36. The summed E-state index contributed by atoms with van der Waals surface area (Å²) in [6, 6.07) is 0.535. The minimum absolute atomic E-state index is 0.0629. The summed E-state index contributed by atoms with van der Waals surface area (Å²) < 4.78 is 5.14. The van der Waals surface area contributed by atoms with Gasteiger partial charge in [0.05, 0.1) is 0 Å². The largest absolute Gasteiger partial charge is 0.458 e. The normalized spacial score (nSPS) is 23.5. The summed E-state index contributed by atoms with van der Waals surface area (Å²) in [4.78, 5) is 13.2. The molecule has 3 heteroatoms. The number of ether oxygens (including phenoxy) is 1. The lowest BCUT2D eigenvalue weighted by atomic mass is 10.3. The molecule has 1 saturated heterocycles. The van der Waals surface area contributed by atoms with E-state index < -0.39 is 0 Å². The molecule has 1 atom stereocenters. The molecule has 0 amide bonds. The van der Waals surface area contributed by atoms with Crippen LogP contribution >= 0.6 is 0 Å². The zero-order valence-electron chi connectivity index (χ0n) is 8.32. The quantitative estimate of drug-likeness (QED) is 0.486. The van der Waals surface area contributed by atoms with Crippen molar-refractivity contribution in [3.8, 4) is 0 Å². The minimum atomic E-state index is -0.310. The first-order valence-electron chi connectivity index (χ1n) is 4.70. The van der Waals surface area contributed by atoms with Crippen LogP contribution in [0.2, 0.25) is 0 Å². The van der Waals surface area contributed by atoms with Crippen molar-refractivity contribution in [3.05, 3.63) is 12.7 Å². The molecule has 0 saturated carbocycles. The predicted octanol–water partition coefficient (Wildman–Crippen LogP) is 1.20. The van der Waals surface area contributed by atoms with Gasteiger partial charge in [-0.3, -0.25) is 4.90 Å². The Morgan fingerprint density at radius 3 is 2.85 bits per heavy atom. The number of rotatable bonds is 3. The van der Waals surface area contributed by atoms with Crippen LogP contribution in [0, 0.1) is 0 Å². The molecule has 74 valence electrons. The number of carbonyl (C=O) groups excluding carboxylic acids is 1. The van der Waals surface area contributed by atoms with Crippen molar-refractivity contribution in [2.45, 2.75) is 32.4 Å². The SMILES string of the molecule is C=CC(=O)OC1CCN(C(C)C)C1. The Labute approximate surface area is 79.4 Å². The highest BCUT2D eigenvalue weighted by molar-refractivity contribution is 5.81. The van der Waals surface area contributed by atoms with Gasteiger partial charge in [0.25, 0.3) is 0 Å². The topological polar surface area (TPSA) is 29.5 Å². The number of esters is 1. The van der Waals surface area contributed by atoms with Gasteiger partial charge in [-0.2, -0.15) is 0 Å². The first kappa shape index (κ1) is 10.3. The average Bonchev–Trinajstić information content (AvgIpc) is 2.52. The predicted molar refractivity (Wildman–Crippen MR) is 51.4 cm³/mol. The second-order valence-electron chi connectivity index (χ2n) is 3.64. The van der Waals surface area contributed by atoms with Gasteiger partial charge in [0.15, 0.2) is 0 Å². The monoisotopic (exact) mass is 183 g/mol. The summed E-state index contributed by atoms with van der Waals surface area (Å²) in [7, 11) is 0. The molecule has 1 unspecified atom stereocenters. The maximum absolute atomic E-state index is 10.9. The fourth-order valence-corrected chi connectivity index (χ4v) is 1.53. The van der Waals surface area contributed by atoms with Crippen LogP contribution in [0.4, 0.5) is 0 Å². The Kier molecular flexibility index (Phi) is 3.48. The van der Waals surface area contributed by atoms with E-state index in [4.69, 9.17) is 4.74 Å². The van der Waals surface area contributed by atoms with Gasteiger partial charge in [-0.05, 0) is 20.3 Å². The molecule has 0 N–H and O–H groups in total. The van der Waals surface area contributed by atoms with Crippen LogP contribution in [-0.4, -0.2) is 36.1 Å². The highest BCUT2D eigenvalue weighted by atomic mass is 16.5. The molecule has 0 spiro atoms. The Balaban J connectivity index is 2.33. The molecule has 13 heavy (non-hydrogen) atoms. The second-order valence-corrected chi connectivity index (χ2v) is 3.64. The summed E-state index contributed by atoms with van der Waals surface area (Å²) in [5.41, 5.74) is 0. The van der Waals surface area contributed by atoms with Gasteiger partial charge in [0.2, 0.25) is 0 Å². The Bertz CT molecular complexity index is 201. The Morgan fingerprint density at radius 2 is 2.38 bits per heavy atom. The summed E-state index contributed by atoms with van der Waals surface area (Å²) in [5.74, 6) is -0.310. The zero-order chi connectivity index (χ0) is 9.84. The molecule has 0 aromatic heterocycles. The maximum Gasteiger partial charge on any atom is 0.330 e. The van der Waals surface area contributed by atoms with E-state index in [0.29, 0.717) is 6.04 Å². The lowest BCUT2D eigenvalue weighted by Gasteiger charge is -2.19. The zero-order valence-corrected chi connectivity index (χ0v) is 8.32. The van der Waals surface area contributed by atoms with Crippen molar-refractivity contribution in [2.24, 2.45) is 0 Å². The number of carbonyl (C=O) groups is 1. The van der Waals surface area contributed by atoms with E-state index >= 15 is 0 Å². The van der Waals surface area contributed by atoms with Gasteiger partial charge in [-0.15, -0.1) is 0 Å². The smallest absolute Gasteiger partial charge is 0.330 e. The van der Waals surface area contributed by atoms with Crippen LogP contribution in [0.5, 0.6) is 0 Å². The summed E-state index contributed by atoms with van der Waals surface area (Å²) in [5, 5.41) is 0. The first-order valence-corrected chi connectivity index (χ1v) is 4.70. The van der Waals surface area contributed by atoms with Crippen LogP contribution in [0.25, 0.3) is 0 Å². The molecule has 1 aliphatic heterocycles. The lowest BCUT2D eigenvalue weighted by molar-refractivity contribution is -0.142. The van der Waals surface area contributed by atoms with E-state index in [0.717, 1.165) is 19.5 Å². The number of hydrogen-bond donors (Lipinski definition) is 0. The van der Waals surface area contributed by atoms with Crippen LogP contribution in [0.1, 0.15) is 20.3 Å². The van der Waals surface area contributed by atoms with E-state index in [2.05, 4.69) is 25.3 Å². The molecule has 0 aliphatic carbocycles. The van der Waals surface area contributed by atoms with Gasteiger partial charge in [-0.25, -0.2) is 4.79 Å². The van der Waals surface area contributed by atoms with Gasteiger partial charge < -0.3 is 4.74 Å². The summed E-state index contributed by atoms with van der Waals surface area (Å²) in [6.45, 7) is 9.55. The molecule has 1 fully saturated rings. The van der Waals surface area contributed by atoms with Crippen LogP contribution in [0.3, 0.4) is 0 Å². The fraction of sp³-hybridized carbons (Fsp3) is 0.700. The minimum Gasteiger partial charge on any atom is -0.458 e. The standard InChI is InChI=1S/C10H17NO2/c1-4-10(12)13-9-5-6-11(7-9)8(2)3/h4,8-9H,1,5-7H2,2-3H3. The van der Waals surface area contributed by atoms with E-state index in [1.165, 1.54) is 6.08 Å². The van der Waals surface area contributed by atoms with Crippen molar-refractivity contribution in [1.82, 2.24) is 4.90 Å². The summed E-state index contributed by atoms with van der Waals surface area (Å²) in [6.07, 6.45) is 2.23. The van der Waals surface area contributed by atoms with Crippen molar-refractivity contribution >= 4 is 5.97 Å². The molecule has 0 aromatic carbocycles. The van der Waals surface area contributed by atoms with E-state index in [9.17, 15) is 4.79 Å². The van der Waals surface area contributed by atoms with Gasteiger partial charge in [-0.1, -0.05) is 6.58 Å². The molecule has 0 aromatic rings. The molecule has 1 heterocycles. The van der Waals surface area contributed by atoms with Gasteiger partial charge in [0.1, 0.15) is 6.10 Å². The fourth-order valence-electron chi connectivity index (χ4n) is 1.53. The van der Waals surface area contributed by atoms with Crippen molar-refractivity contribution in [3.63, 3.8) is 0 Å². The molecule has 1 aliphatic rings. The van der Waals surface area contributed by atoms with E-state index in [1.807, 2.05) is 0 Å². The van der Waals surface area contributed by atoms with E-state index in [-0.39, 0.29) is 12.1 Å². The molecule has 0 bridgehead atoms. The van der Waals surface area contributed by atoms with Crippen LogP contribution in [-0.2, 0) is 9.53 Å². The number of nitrogens with zero attached hydrogens (tertiary/aromatic N) is 1. The van der Waals surface area contributed by atoms with Gasteiger partial charge in [0, 0.05) is 25.2 Å². The third-order valence-corrected chi connectivity index (χ3v) is 2.36. The van der Waals surface area contributed by atoms with E-state index in [1.54, 1.807) is 0 Å². The lowest BCUT2D eigenvalue weighted by Crippen LogP contribution is -2.30. The highest BCUT2D eigenvalue weighted by Gasteiger charge is 2.26. The highest BCUT2D eigenvalue weighted by Crippen LogP contribution is 2.15. The maximum atomic E-state index is 10.9. The molecular weight excluding hydrogens is 166 g/mol. The van der Waals surface area contributed by atoms with Crippen molar-refractivity contribution in [1.29, 1.82) is 0 Å². The molecule has 0 radical (unpaired) electrons. The van der Waals surface area contributed by atoms with Crippen LogP contribution in [0.15, 0.2) is 12.7 Å². The molecule has 1 rings (SSSR count). The molecular formula is C10H17NO2. The van der Waals surface area contributed by atoms with Gasteiger partial charge >= 0.3 is 5.97 Å². The Morgan fingerprint density at radius 1 is 1.69 bits per heavy atom. The Hall–Kier alpha value is -0.830. The average molecular weight is 183 g/mol. The van der Waals surface area contributed by atoms with Crippen molar-refractivity contribution < 1.29 is 9.53 Å². The second kappa shape index (κ2) is 4.42. The number of hydrogen-bond acceptors (Lipinski definition) is 3. The first-order chi connectivity index (χ1) is 6.13.